The van der Waals surface area contributed by atoms with Crippen molar-refractivity contribution in [3.8, 4) is 0 Å². The Balaban J connectivity index is 2.46. The number of carbonyl (C=O) groups is 1. The van der Waals surface area contributed by atoms with Gasteiger partial charge in [0.2, 0.25) is 0 Å². The van der Waals surface area contributed by atoms with Crippen LogP contribution in [0.15, 0.2) is 30.3 Å². The number of hydrogen-bond acceptors (Lipinski definition) is 3. The summed E-state index contributed by atoms with van der Waals surface area (Å²) in [5.41, 5.74) is 1.03. The van der Waals surface area contributed by atoms with Crippen LogP contribution in [0.4, 0.5) is 0 Å². The largest absolute Gasteiger partial charge is 0.469 e. The lowest BCUT2D eigenvalue weighted by Crippen LogP contribution is -2.26. The summed E-state index contributed by atoms with van der Waals surface area (Å²) in [6.45, 7) is 0. The van der Waals surface area contributed by atoms with Crippen molar-refractivity contribution in [3.63, 3.8) is 0 Å². The van der Waals surface area contributed by atoms with Gasteiger partial charge in [-0.3, -0.25) is 4.79 Å². The van der Waals surface area contributed by atoms with Gasteiger partial charge in [0, 0.05) is 0 Å². The van der Waals surface area contributed by atoms with E-state index in [1.807, 2.05) is 30.3 Å². The molecule has 0 heterocycles. The first-order valence-electron chi connectivity index (χ1n) is 5.06. The van der Waals surface area contributed by atoms with E-state index < -0.39 is 17.5 Å². The Hall–Kier alpha value is -1.06. The quantitative estimate of drug-likeness (QED) is 0.632. The van der Waals surface area contributed by atoms with Gasteiger partial charge in [0.1, 0.15) is 0 Å². The molecule has 0 saturated heterocycles. The minimum Gasteiger partial charge on any atom is -0.469 e. The van der Waals surface area contributed by atoms with E-state index >= 15 is 0 Å². The maximum Gasteiger partial charge on any atom is 0.308 e. The summed E-state index contributed by atoms with van der Waals surface area (Å²) in [5.74, 6) is -0.453. The van der Waals surface area contributed by atoms with Crippen LogP contribution in [0.1, 0.15) is 12.0 Å². The maximum atomic E-state index is 10.9. The van der Waals surface area contributed by atoms with Gasteiger partial charge in [-0.05, 0) is 12.0 Å². The summed E-state index contributed by atoms with van der Waals surface area (Å²) >= 11 is 6.01. The lowest BCUT2D eigenvalue weighted by molar-refractivity contribution is -0.142. The van der Waals surface area contributed by atoms with Crippen LogP contribution >= 0.6 is 11.6 Å². The zero-order valence-electron chi connectivity index (χ0n) is 9.10. The van der Waals surface area contributed by atoms with Crippen molar-refractivity contribution in [2.24, 2.45) is 0 Å². The van der Waals surface area contributed by atoms with Gasteiger partial charge in [-0.15, -0.1) is 11.6 Å². The zero-order valence-corrected chi connectivity index (χ0v) is 9.85. The Kier molecular flexibility index (Phi) is 5.29. The van der Waals surface area contributed by atoms with Crippen LogP contribution in [0.3, 0.4) is 0 Å². The van der Waals surface area contributed by atoms with E-state index in [-0.39, 0.29) is 6.42 Å². The zero-order chi connectivity index (χ0) is 12.0. The molecule has 0 unspecified atom stereocenters. The predicted molar refractivity (Wildman–Crippen MR) is 62.4 cm³/mol. The molecule has 16 heavy (non-hydrogen) atoms. The van der Waals surface area contributed by atoms with Crippen LogP contribution in [0.25, 0.3) is 0 Å². The molecule has 1 rings (SSSR count). The summed E-state index contributed by atoms with van der Waals surface area (Å²) in [6.07, 6.45) is -0.424. The van der Waals surface area contributed by atoms with E-state index in [1.54, 1.807) is 0 Å². The average molecular weight is 243 g/mol. The fraction of sp³-hybridized carbons (Fsp3) is 0.417. The number of rotatable bonds is 5. The highest BCUT2D eigenvalue weighted by Gasteiger charge is 2.20. The SMILES string of the molecule is COC(=O)C[C@H](O)[C@@H](Cl)Cc1ccccc1. The van der Waals surface area contributed by atoms with Gasteiger partial charge in [0.05, 0.1) is 25.0 Å². The van der Waals surface area contributed by atoms with Crippen LogP contribution in [0.5, 0.6) is 0 Å². The molecule has 1 aromatic rings. The molecule has 88 valence electrons. The molecule has 0 amide bonds. The van der Waals surface area contributed by atoms with Gasteiger partial charge in [0.15, 0.2) is 0 Å². The Labute approximate surface area is 100.0 Å². The predicted octanol–water partition coefficient (Wildman–Crippen LogP) is 1.76. The van der Waals surface area contributed by atoms with E-state index in [4.69, 9.17) is 11.6 Å². The number of aliphatic hydroxyl groups is 1. The standard InChI is InChI=1S/C12H15ClO3/c1-16-12(15)8-11(14)10(13)7-9-5-3-2-4-6-9/h2-6,10-11,14H,7-8H2,1H3/t10-,11-/m0/s1. The first-order valence-corrected chi connectivity index (χ1v) is 5.50. The molecule has 0 aliphatic carbocycles. The lowest BCUT2D eigenvalue weighted by Gasteiger charge is -2.15. The number of ether oxygens (including phenoxy) is 1. The van der Waals surface area contributed by atoms with Crippen LogP contribution < -0.4 is 0 Å². The van der Waals surface area contributed by atoms with Crippen molar-refractivity contribution < 1.29 is 14.6 Å². The summed E-state index contributed by atoms with van der Waals surface area (Å²) in [6, 6.07) is 9.59. The van der Waals surface area contributed by atoms with E-state index in [1.165, 1.54) is 7.11 Å². The highest BCUT2D eigenvalue weighted by molar-refractivity contribution is 6.21. The molecule has 0 spiro atoms. The summed E-state index contributed by atoms with van der Waals surface area (Å²) in [5, 5.41) is 9.16. The Bertz CT molecular complexity index is 326. The molecule has 0 bridgehead atoms. The van der Waals surface area contributed by atoms with E-state index in [0.717, 1.165) is 5.56 Å². The number of benzene rings is 1. The normalized spacial score (nSPS) is 14.2. The third-order valence-electron chi connectivity index (χ3n) is 2.29. The fourth-order valence-corrected chi connectivity index (χ4v) is 1.62. The highest BCUT2D eigenvalue weighted by Crippen LogP contribution is 2.14. The highest BCUT2D eigenvalue weighted by atomic mass is 35.5. The molecular formula is C12H15ClO3. The molecule has 1 N–H and O–H groups in total. The third-order valence-corrected chi connectivity index (χ3v) is 2.74. The summed E-state index contributed by atoms with van der Waals surface area (Å²) < 4.78 is 4.46. The van der Waals surface area contributed by atoms with Gasteiger partial charge in [-0.1, -0.05) is 30.3 Å². The van der Waals surface area contributed by atoms with Gasteiger partial charge >= 0.3 is 5.97 Å². The second-order valence-electron chi connectivity index (χ2n) is 3.55. The van der Waals surface area contributed by atoms with E-state index in [9.17, 15) is 9.90 Å². The Morgan fingerprint density at radius 1 is 1.44 bits per heavy atom. The molecule has 0 fully saturated rings. The second kappa shape index (κ2) is 6.51. The molecule has 0 aliphatic rings. The number of alkyl halides is 1. The van der Waals surface area contributed by atoms with Gasteiger partial charge in [0.25, 0.3) is 0 Å². The molecule has 2 atom stereocenters. The van der Waals surface area contributed by atoms with E-state index in [0.29, 0.717) is 6.42 Å². The summed E-state index contributed by atoms with van der Waals surface area (Å²) in [4.78, 5) is 10.9. The number of hydrogen-bond donors (Lipinski definition) is 1. The number of esters is 1. The third kappa shape index (κ3) is 4.21. The first-order chi connectivity index (χ1) is 7.63. The second-order valence-corrected chi connectivity index (χ2v) is 4.11. The topological polar surface area (TPSA) is 46.5 Å². The molecule has 3 nitrogen and oxygen atoms in total. The smallest absolute Gasteiger partial charge is 0.308 e. The van der Waals surface area contributed by atoms with Crippen molar-refractivity contribution in [3.05, 3.63) is 35.9 Å². The van der Waals surface area contributed by atoms with E-state index in [2.05, 4.69) is 4.74 Å². The Morgan fingerprint density at radius 2 is 2.06 bits per heavy atom. The number of halogens is 1. The molecule has 0 saturated carbocycles. The van der Waals surface area contributed by atoms with Crippen LogP contribution in [-0.4, -0.2) is 29.7 Å². The van der Waals surface area contributed by atoms with Crippen molar-refractivity contribution in [2.75, 3.05) is 7.11 Å². The van der Waals surface area contributed by atoms with Crippen molar-refractivity contribution >= 4 is 17.6 Å². The molecule has 1 aromatic carbocycles. The van der Waals surface area contributed by atoms with Crippen LogP contribution in [0, 0.1) is 0 Å². The molecular weight excluding hydrogens is 228 g/mol. The molecule has 0 aliphatic heterocycles. The number of methoxy groups -OCH3 is 1. The van der Waals surface area contributed by atoms with Gasteiger partial charge in [-0.25, -0.2) is 0 Å². The lowest BCUT2D eigenvalue weighted by atomic mass is 10.0. The molecule has 0 radical (unpaired) electrons. The molecule has 4 heteroatoms. The molecule has 0 aromatic heterocycles. The summed E-state index contributed by atoms with van der Waals surface area (Å²) in [7, 11) is 1.29. The van der Waals surface area contributed by atoms with Crippen molar-refractivity contribution in [1.29, 1.82) is 0 Å². The van der Waals surface area contributed by atoms with Gasteiger partial charge < -0.3 is 9.84 Å². The average Bonchev–Trinajstić information content (AvgIpc) is 2.30. The monoisotopic (exact) mass is 242 g/mol. The maximum absolute atomic E-state index is 10.9. The van der Waals surface area contributed by atoms with Crippen LogP contribution in [0.2, 0.25) is 0 Å². The van der Waals surface area contributed by atoms with Crippen molar-refractivity contribution in [1.82, 2.24) is 0 Å². The fourth-order valence-electron chi connectivity index (χ4n) is 1.36. The van der Waals surface area contributed by atoms with Gasteiger partial charge in [-0.2, -0.15) is 0 Å². The number of aliphatic hydroxyl groups excluding tert-OH is 1. The number of carbonyl (C=O) groups excluding carboxylic acids is 1. The van der Waals surface area contributed by atoms with Crippen LogP contribution in [-0.2, 0) is 16.0 Å². The first kappa shape index (κ1) is 13.0. The minimum absolute atomic E-state index is 0.0719. The van der Waals surface area contributed by atoms with Crippen molar-refractivity contribution in [2.45, 2.75) is 24.3 Å². The minimum atomic E-state index is -0.880. The Morgan fingerprint density at radius 3 is 2.62 bits per heavy atom.